The quantitative estimate of drug-likeness (QED) is 0.492. The number of aryl methyl sites for hydroxylation is 2. The maximum atomic E-state index is 12.7. The molecule has 170 valence electrons. The van der Waals surface area contributed by atoms with Crippen molar-refractivity contribution in [1.82, 2.24) is 30.0 Å². The standard InChI is InChI=1S/C19H21Cl2N7O3S/c1-9-11(20)12(21)13(24-9)17(29)25-10-4-3-6-28(7-5-10)19-26-14(15(32-19)18(30)31)16-22-8-23-27(16)2/h8,10,24H,3-7H2,1-2H3,(H,25,29)(H,30,31). The Balaban J connectivity index is 1.48. The summed E-state index contributed by atoms with van der Waals surface area (Å²) in [6.45, 7) is 3.07. The lowest BCUT2D eigenvalue weighted by Crippen LogP contribution is -2.36. The van der Waals surface area contributed by atoms with Crippen molar-refractivity contribution >= 4 is 51.5 Å². The SMILES string of the molecule is Cc1[nH]c(C(=O)NC2CCCN(c3nc(-c4ncnn4C)c(C(=O)O)s3)CC2)c(Cl)c1Cl. The second kappa shape index (κ2) is 9.08. The summed E-state index contributed by atoms with van der Waals surface area (Å²) >= 11 is 13.4. The summed E-state index contributed by atoms with van der Waals surface area (Å²) in [6.07, 6.45) is 3.63. The lowest BCUT2D eigenvalue weighted by atomic mass is 10.1. The first-order valence-corrected chi connectivity index (χ1v) is 11.5. The second-order valence-corrected chi connectivity index (χ2v) is 9.26. The number of nitrogens with zero attached hydrogens (tertiary/aromatic N) is 5. The summed E-state index contributed by atoms with van der Waals surface area (Å²) in [7, 11) is 1.69. The van der Waals surface area contributed by atoms with E-state index in [9.17, 15) is 14.7 Å². The zero-order valence-electron chi connectivity index (χ0n) is 17.4. The summed E-state index contributed by atoms with van der Waals surface area (Å²) < 4.78 is 1.50. The fraction of sp³-hybridized carbons (Fsp3) is 0.421. The van der Waals surface area contributed by atoms with Crippen molar-refractivity contribution in [3.8, 4) is 11.5 Å². The average Bonchev–Trinajstić information content (AvgIpc) is 3.38. The topological polar surface area (TPSA) is 129 Å². The van der Waals surface area contributed by atoms with Gasteiger partial charge in [-0.2, -0.15) is 5.10 Å². The number of hydrogen-bond acceptors (Lipinski definition) is 7. The molecule has 1 aliphatic rings. The number of nitrogens with one attached hydrogen (secondary N) is 2. The highest BCUT2D eigenvalue weighted by Gasteiger charge is 2.27. The number of carboxylic acids is 1. The van der Waals surface area contributed by atoms with Crippen molar-refractivity contribution in [2.24, 2.45) is 7.05 Å². The predicted molar refractivity (Wildman–Crippen MR) is 122 cm³/mol. The average molecular weight is 498 g/mol. The molecule has 4 rings (SSSR count). The van der Waals surface area contributed by atoms with E-state index in [4.69, 9.17) is 23.2 Å². The zero-order valence-corrected chi connectivity index (χ0v) is 19.7. The molecule has 0 aromatic carbocycles. The zero-order chi connectivity index (χ0) is 23.0. The highest BCUT2D eigenvalue weighted by molar-refractivity contribution is 7.17. The first-order chi connectivity index (χ1) is 15.3. The molecule has 13 heteroatoms. The van der Waals surface area contributed by atoms with Gasteiger partial charge in [-0.1, -0.05) is 34.5 Å². The van der Waals surface area contributed by atoms with Crippen LogP contribution in [-0.2, 0) is 7.05 Å². The number of aromatic amines is 1. The van der Waals surface area contributed by atoms with Gasteiger partial charge in [0, 0.05) is 31.9 Å². The van der Waals surface area contributed by atoms with Gasteiger partial charge in [-0.05, 0) is 26.2 Å². The maximum Gasteiger partial charge on any atom is 0.348 e. The van der Waals surface area contributed by atoms with Gasteiger partial charge in [0.05, 0.1) is 10.0 Å². The van der Waals surface area contributed by atoms with E-state index in [0.29, 0.717) is 46.9 Å². The van der Waals surface area contributed by atoms with Gasteiger partial charge in [0.1, 0.15) is 22.6 Å². The van der Waals surface area contributed by atoms with Crippen LogP contribution < -0.4 is 10.2 Å². The number of aromatic nitrogens is 5. The lowest BCUT2D eigenvalue weighted by Gasteiger charge is -2.19. The Kier molecular flexibility index (Phi) is 6.40. The van der Waals surface area contributed by atoms with E-state index in [1.165, 1.54) is 11.0 Å². The van der Waals surface area contributed by atoms with Crippen molar-refractivity contribution in [3.05, 3.63) is 32.6 Å². The number of rotatable bonds is 5. The molecule has 1 unspecified atom stereocenters. The number of thiazole rings is 1. The minimum atomic E-state index is -1.05. The largest absolute Gasteiger partial charge is 0.477 e. The first kappa shape index (κ1) is 22.6. The molecule has 0 saturated carbocycles. The molecule has 3 aromatic heterocycles. The van der Waals surface area contributed by atoms with E-state index in [-0.39, 0.29) is 27.5 Å². The monoisotopic (exact) mass is 497 g/mol. The molecule has 1 saturated heterocycles. The number of amides is 1. The summed E-state index contributed by atoms with van der Waals surface area (Å²) in [5.41, 5.74) is 1.21. The minimum Gasteiger partial charge on any atom is -0.477 e. The third-order valence-electron chi connectivity index (χ3n) is 5.35. The van der Waals surface area contributed by atoms with Crippen molar-refractivity contribution in [1.29, 1.82) is 0 Å². The highest BCUT2D eigenvalue weighted by Crippen LogP contribution is 2.33. The molecule has 1 atom stereocenters. The molecule has 0 aliphatic carbocycles. The van der Waals surface area contributed by atoms with Crippen molar-refractivity contribution in [2.75, 3.05) is 18.0 Å². The van der Waals surface area contributed by atoms with Crippen LogP contribution in [0.15, 0.2) is 6.33 Å². The Labute approximate surface area is 197 Å². The molecule has 4 heterocycles. The molecular formula is C19H21Cl2N7O3S. The smallest absolute Gasteiger partial charge is 0.348 e. The number of halogens is 2. The van der Waals surface area contributed by atoms with Gasteiger partial charge in [-0.15, -0.1) is 0 Å². The van der Waals surface area contributed by atoms with Crippen LogP contribution in [0.5, 0.6) is 0 Å². The predicted octanol–water partition coefficient (Wildman–Crippen LogP) is 3.37. The molecule has 3 N–H and O–H groups in total. The summed E-state index contributed by atoms with van der Waals surface area (Å²) in [6, 6.07) is -0.0527. The van der Waals surface area contributed by atoms with E-state index in [1.807, 2.05) is 4.90 Å². The van der Waals surface area contributed by atoms with Crippen LogP contribution in [0.2, 0.25) is 10.0 Å². The Morgan fingerprint density at radius 1 is 1.28 bits per heavy atom. The molecule has 32 heavy (non-hydrogen) atoms. The Bertz CT molecular complexity index is 1170. The van der Waals surface area contributed by atoms with Crippen LogP contribution in [0.1, 0.15) is 45.1 Å². The number of H-pyrrole nitrogens is 1. The molecule has 1 amide bonds. The highest BCUT2D eigenvalue weighted by atomic mass is 35.5. The number of carboxylic acid groups (broad SMARTS) is 1. The molecule has 0 radical (unpaired) electrons. The fourth-order valence-corrected chi connectivity index (χ4v) is 5.04. The van der Waals surface area contributed by atoms with Crippen molar-refractivity contribution in [3.63, 3.8) is 0 Å². The lowest BCUT2D eigenvalue weighted by molar-refractivity contribution is 0.0702. The number of carbonyl (C=O) groups is 2. The maximum absolute atomic E-state index is 12.7. The summed E-state index contributed by atoms with van der Waals surface area (Å²) in [5.74, 6) is -0.944. The number of anilines is 1. The van der Waals surface area contributed by atoms with E-state index in [0.717, 1.165) is 24.2 Å². The van der Waals surface area contributed by atoms with Crippen molar-refractivity contribution in [2.45, 2.75) is 32.2 Å². The van der Waals surface area contributed by atoms with Gasteiger partial charge in [0.2, 0.25) is 0 Å². The Hall–Kier alpha value is -2.63. The van der Waals surface area contributed by atoms with Crippen LogP contribution >= 0.6 is 34.5 Å². The van der Waals surface area contributed by atoms with E-state index >= 15 is 0 Å². The molecule has 1 fully saturated rings. The van der Waals surface area contributed by atoms with E-state index < -0.39 is 5.97 Å². The Morgan fingerprint density at radius 2 is 2.06 bits per heavy atom. The Morgan fingerprint density at radius 3 is 2.69 bits per heavy atom. The van der Waals surface area contributed by atoms with Crippen LogP contribution in [0.4, 0.5) is 5.13 Å². The van der Waals surface area contributed by atoms with Gasteiger partial charge in [-0.25, -0.2) is 19.4 Å². The summed E-state index contributed by atoms with van der Waals surface area (Å²) in [4.78, 5) is 38.2. The first-order valence-electron chi connectivity index (χ1n) is 9.94. The number of hydrogen-bond donors (Lipinski definition) is 3. The van der Waals surface area contributed by atoms with Gasteiger partial charge in [0.15, 0.2) is 11.0 Å². The molecule has 0 spiro atoms. The van der Waals surface area contributed by atoms with Gasteiger partial charge < -0.3 is 20.3 Å². The van der Waals surface area contributed by atoms with Crippen LogP contribution in [0, 0.1) is 6.92 Å². The molecule has 1 aliphatic heterocycles. The van der Waals surface area contributed by atoms with E-state index in [1.54, 1.807) is 14.0 Å². The molecular weight excluding hydrogens is 477 g/mol. The summed E-state index contributed by atoms with van der Waals surface area (Å²) in [5, 5.41) is 17.8. The number of carbonyl (C=O) groups excluding carboxylic acids is 1. The van der Waals surface area contributed by atoms with Gasteiger partial charge in [-0.3, -0.25) is 4.79 Å². The van der Waals surface area contributed by atoms with Crippen LogP contribution in [0.3, 0.4) is 0 Å². The van der Waals surface area contributed by atoms with E-state index in [2.05, 4.69) is 25.4 Å². The third kappa shape index (κ3) is 4.32. The van der Waals surface area contributed by atoms with Crippen LogP contribution in [-0.4, -0.2) is 60.8 Å². The number of aromatic carboxylic acids is 1. The molecule has 0 bridgehead atoms. The normalized spacial score (nSPS) is 16.8. The van der Waals surface area contributed by atoms with Crippen LogP contribution in [0.25, 0.3) is 11.5 Å². The fourth-order valence-electron chi connectivity index (χ4n) is 3.67. The second-order valence-electron chi connectivity index (χ2n) is 7.53. The molecule has 10 nitrogen and oxygen atoms in total. The van der Waals surface area contributed by atoms with Crippen molar-refractivity contribution < 1.29 is 14.7 Å². The molecule has 3 aromatic rings. The third-order valence-corrected chi connectivity index (χ3v) is 7.40. The minimum absolute atomic E-state index is 0.0527. The van der Waals surface area contributed by atoms with Gasteiger partial charge >= 0.3 is 5.97 Å². The van der Waals surface area contributed by atoms with Gasteiger partial charge in [0.25, 0.3) is 5.91 Å².